The van der Waals surface area contributed by atoms with E-state index in [0.717, 1.165) is 22.3 Å². The molecule has 2 atom stereocenters. The van der Waals surface area contributed by atoms with Crippen LogP contribution in [-0.2, 0) is 20.7 Å². The molecule has 2 fully saturated rings. The molecule has 3 aromatic carbocycles. The summed E-state index contributed by atoms with van der Waals surface area (Å²) in [7, 11) is 1.57. The lowest BCUT2D eigenvalue weighted by Gasteiger charge is -2.24. The van der Waals surface area contributed by atoms with Crippen LogP contribution in [0.2, 0.25) is 0 Å². The highest BCUT2D eigenvalue weighted by atomic mass is 16.5. The van der Waals surface area contributed by atoms with E-state index >= 15 is 0 Å². The maximum Gasteiger partial charge on any atom is 0.322 e. The average Bonchev–Trinajstić information content (AvgIpc) is 3.63. The quantitative estimate of drug-likeness (QED) is 0.295. The van der Waals surface area contributed by atoms with Crippen LogP contribution in [0.3, 0.4) is 0 Å². The van der Waals surface area contributed by atoms with Crippen LogP contribution in [0.25, 0.3) is 33.5 Å². The summed E-state index contributed by atoms with van der Waals surface area (Å²) in [4.78, 5) is 56.2. The van der Waals surface area contributed by atoms with Gasteiger partial charge in [-0.1, -0.05) is 48.5 Å². The molecule has 6 amide bonds. The summed E-state index contributed by atoms with van der Waals surface area (Å²) in [6.45, 7) is 0. The minimum atomic E-state index is -1.44. The van der Waals surface area contributed by atoms with Crippen molar-refractivity contribution in [2.45, 2.75) is 11.1 Å². The molecule has 0 saturated carbocycles. The molecule has 194 valence electrons. The first-order valence-electron chi connectivity index (χ1n) is 12.6. The Morgan fingerprint density at radius 2 is 1.32 bits per heavy atom. The molecule has 0 bridgehead atoms. The maximum absolute atomic E-state index is 13.3. The molecule has 10 heteroatoms. The van der Waals surface area contributed by atoms with Gasteiger partial charge in [0.25, 0.3) is 11.8 Å². The molecule has 2 spiro atoms. The van der Waals surface area contributed by atoms with Gasteiger partial charge in [0.2, 0.25) is 0 Å². The second-order valence-corrected chi connectivity index (χ2v) is 10.1. The number of fused-ring (bicyclic) bond motifs is 10. The Morgan fingerprint density at radius 3 is 2.05 bits per heavy atom. The van der Waals surface area contributed by atoms with E-state index in [1.165, 1.54) is 0 Å². The van der Waals surface area contributed by atoms with Gasteiger partial charge < -0.3 is 15.4 Å². The number of hydrogen-bond donors (Lipinski definition) is 4. The number of urea groups is 2. The molecule has 4 aliphatic rings. The Labute approximate surface area is 226 Å². The Morgan fingerprint density at radius 1 is 0.650 bits per heavy atom. The van der Waals surface area contributed by atoms with E-state index in [2.05, 4.69) is 21.3 Å². The number of hydrogen-bond acceptors (Lipinski definition) is 6. The van der Waals surface area contributed by atoms with Crippen LogP contribution in [0.5, 0.6) is 5.75 Å². The fourth-order valence-corrected chi connectivity index (χ4v) is 6.54. The summed E-state index contributed by atoms with van der Waals surface area (Å²) in [5.41, 5.74) is 3.80. The Balaban J connectivity index is 1.33. The van der Waals surface area contributed by atoms with Crippen LogP contribution >= 0.6 is 0 Å². The lowest BCUT2D eigenvalue weighted by atomic mass is 9.86. The number of nitrogens with zero attached hydrogens (tertiary/aromatic N) is 1. The van der Waals surface area contributed by atoms with Gasteiger partial charge in [0.15, 0.2) is 11.1 Å². The van der Waals surface area contributed by atoms with Crippen LogP contribution in [0.15, 0.2) is 72.8 Å². The summed E-state index contributed by atoms with van der Waals surface area (Å²) in [5, 5.41) is 10.4. The number of carbonyl (C=O) groups is 4. The number of pyridine rings is 1. The molecule has 8 rings (SSSR count). The van der Waals surface area contributed by atoms with Crippen molar-refractivity contribution in [1.29, 1.82) is 0 Å². The van der Waals surface area contributed by atoms with Crippen molar-refractivity contribution >= 4 is 23.9 Å². The van der Waals surface area contributed by atoms with Crippen molar-refractivity contribution < 1.29 is 23.9 Å². The summed E-state index contributed by atoms with van der Waals surface area (Å²) >= 11 is 0. The number of amides is 6. The molecule has 10 nitrogen and oxygen atoms in total. The van der Waals surface area contributed by atoms with Crippen molar-refractivity contribution in [3.05, 3.63) is 95.2 Å². The monoisotopic (exact) mass is 529 g/mol. The highest BCUT2D eigenvalue weighted by Crippen LogP contribution is 2.52. The van der Waals surface area contributed by atoms with Crippen LogP contribution in [-0.4, -0.2) is 36.0 Å². The van der Waals surface area contributed by atoms with Gasteiger partial charge >= 0.3 is 12.1 Å². The average molecular weight is 530 g/mol. The Kier molecular flexibility index (Phi) is 4.11. The first kappa shape index (κ1) is 22.5. The highest BCUT2D eigenvalue weighted by molar-refractivity contribution is 6.14. The SMILES string of the molecule is COc1ccc2c(c1)-c1ccc(-c3ccc4c(n3)C3(NC(=O)NC3=O)c3ccccc3-4)cc1C21NC(=O)NC1=O. The molecule has 2 saturated heterocycles. The standard InChI is InChI=1S/C30H19N5O5/c1-40-15-7-10-21-19(13-15)17-8-6-14(12-22(17)29(21)25(36)32-27(38)34-29)23-11-9-18-16-4-2-3-5-20(16)30(24(18)31-23)26(37)33-28(39)35-30/h2-13H,1H3,(H2,32,34,36,38)(H2,33,35,37,39). The number of methoxy groups -OCH3 is 1. The molecule has 40 heavy (non-hydrogen) atoms. The second kappa shape index (κ2) is 7.32. The second-order valence-electron chi connectivity index (χ2n) is 10.1. The van der Waals surface area contributed by atoms with Crippen LogP contribution in [0.1, 0.15) is 22.4 Å². The zero-order valence-electron chi connectivity index (χ0n) is 20.9. The first-order chi connectivity index (χ1) is 19.4. The Hall–Kier alpha value is -5.51. The van der Waals surface area contributed by atoms with E-state index in [0.29, 0.717) is 39.4 Å². The fraction of sp³-hybridized carbons (Fsp3) is 0.100. The third kappa shape index (κ3) is 2.55. The molecular weight excluding hydrogens is 510 g/mol. The fourth-order valence-electron chi connectivity index (χ4n) is 6.54. The van der Waals surface area contributed by atoms with Gasteiger partial charge in [0.1, 0.15) is 5.75 Å². The maximum atomic E-state index is 13.3. The van der Waals surface area contributed by atoms with E-state index < -0.39 is 35.0 Å². The summed E-state index contributed by atoms with van der Waals surface area (Å²) < 4.78 is 5.42. The van der Waals surface area contributed by atoms with E-state index in [1.54, 1.807) is 19.2 Å². The normalized spacial score (nSPS) is 22.8. The highest BCUT2D eigenvalue weighted by Gasteiger charge is 2.57. The van der Waals surface area contributed by atoms with Gasteiger partial charge in [0.05, 0.1) is 18.5 Å². The summed E-state index contributed by atoms with van der Waals surface area (Å²) in [6, 6.07) is 21.0. The van der Waals surface area contributed by atoms with Gasteiger partial charge in [-0.3, -0.25) is 20.2 Å². The van der Waals surface area contributed by atoms with Crippen molar-refractivity contribution in [3.8, 4) is 39.3 Å². The van der Waals surface area contributed by atoms with Crippen LogP contribution in [0.4, 0.5) is 9.59 Å². The molecule has 2 unspecified atom stereocenters. The lowest BCUT2D eigenvalue weighted by molar-refractivity contribution is -0.123. The zero-order chi connectivity index (χ0) is 27.4. The predicted molar refractivity (Wildman–Crippen MR) is 142 cm³/mol. The number of benzene rings is 3. The van der Waals surface area contributed by atoms with Gasteiger partial charge in [-0.25, -0.2) is 14.6 Å². The number of ether oxygens (including phenoxy) is 1. The van der Waals surface area contributed by atoms with Gasteiger partial charge in [0, 0.05) is 22.3 Å². The Bertz CT molecular complexity index is 1900. The number of aromatic nitrogens is 1. The minimum Gasteiger partial charge on any atom is -0.497 e. The molecule has 3 heterocycles. The smallest absolute Gasteiger partial charge is 0.322 e. The topological polar surface area (TPSA) is 139 Å². The number of nitrogens with one attached hydrogen (secondary N) is 4. The zero-order valence-corrected chi connectivity index (χ0v) is 20.9. The van der Waals surface area contributed by atoms with E-state index in [1.807, 2.05) is 60.7 Å². The third-order valence-electron chi connectivity index (χ3n) is 8.25. The molecule has 1 aromatic heterocycles. The van der Waals surface area contributed by atoms with Crippen molar-refractivity contribution in [2.24, 2.45) is 0 Å². The van der Waals surface area contributed by atoms with Crippen LogP contribution < -0.4 is 26.0 Å². The molecular formula is C30H19N5O5. The van der Waals surface area contributed by atoms with Gasteiger partial charge in [-0.05, 0) is 46.5 Å². The van der Waals surface area contributed by atoms with Gasteiger partial charge in [-0.2, -0.15) is 0 Å². The van der Waals surface area contributed by atoms with Crippen molar-refractivity contribution in [1.82, 2.24) is 26.3 Å². The largest absolute Gasteiger partial charge is 0.497 e. The van der Waals surface area contributed by atoms with Crippen molar-refractivity contribution in [3.63, 3.8) is 0 Å². The third-order valence-corrected chi connectivity index (χ3v) is 8.25. The molecule has 2 aliphatic heterocycles. The van der Waals surface area contributed by atoms with Crippen molar-refractivity contribution in [2.75, 3.05) is 7.11 Å². The van der Waals surface area contributed by atoms with Crippen LogP contribution in [0, 0.1) is 0 Å². The first-order valence-corrected chi connectivity index (χ1v) is 12.6. The summed E-state index contributed by atoms with van der Waals surface area (Å²) in [5.74, 6) is -0.338. The number of carbonyl (C=O) groups excluding carboxylic acids is 4. The minimum absolute atomic E-state index is 0.421. The summed E-state index contributed by atoms with van der Waals surface area (Å²) in [6.07, 6.45) is 0. The van der Waals surface area contributed by atoms with E-state index in [-0.39, 0.29) is 0 Å². The predicted octanol–water partition coefficient (Wildman–Crippen LogP) is 2.88. The molecule has 2 aliphatic carbocycles. The molecule has 4 aromatic rings. The molecule has 0 radical (unpaired) electrons. The number of imide groups is 2. The van der Waals surface area contributed by atoms with E-state index in [4.69, 9.17) is 9.72 Å². The van der Waals surface area contributed by atoms with Gasteiger partial charge in [-0.15, -0.1) is 0 Å². The number of rotatable bonds is 2. The molecule has 4 N–H and O–H groups in total. The van der Waals surface area contributed by atoms with E-state index in [9.17, 15) is 19.2 Å². The lowest BCUT2D eigenvalue weighted by Crippen LogP contribution is -2.43.